The van der Waals surface area contributed by atoms with Crippen molar-refractivity contribution in [3.8, 4) is 0 Å². The molecule has 0 aromatic carbocycles. The van der Waals surface area contributed by atoms with Crippen molar-refractivity contribution in [3.05, 3.63) is 23.5 Å². The van der Waals surface area contributed by atoms with E-state index in [0.717, 1.165) is 0 Å². The first-order chi connectivity index (χ1) is 19.2. The quantitative estimate of drug-likeness (QED) is 0.0838. The van der Waals surface area contributed by atoms with Gasteiger partial charge in [-0.05, 0) is 32.4 Å². The van der Waals surface area contributed by atoms with Gasteiger partial charge in [-0.15, -0.1) is 0 Å². The summed E-state index contributed by atoms with van der Waals surface area (Å²) in [5.74, 6) is -5.74. The summed E-state index contributed by atoms with van der Waals surface area (Å²) in [6, 6.07) is -0.177. The minimum atomic E-state index is -1.23. The molecule has 18 heteroatoms. The summed E-state index contributed by atoms with van der Waals surface area (Å²) < 4.78 is 0. The lowest BCUT2D eigenvalue weighted by Gasteiger charge is -2.15. The average molecular weight is 582 g/mol. The molecule has 0 fully saturated rings. The first-order valence-electron chi connectivity index (χ1n) is 12.3. The summed E-state index contributed by atoms with van der Waals surface area (Å²) in [5.41, 5.74) is 11.1. The Hall–Kier alpha value is -5.00. The van der Waals surface area contributed by atoms with Gasteiger partial charge in [0.2, 0.25) is 35.4 Å². The van der Waals surface area contributed by atoms with E-state index in [0.29, 0.717) is 5.69 Å². The highest BCUT2D eigenvalue weighted by Gasteiger charge is 2.19. The fourth-order valence-corrected chi connectivity index (χ4v) is 2.95. The van der Waals surface area contributed by atoms with Crippen LogP contribution in [0.1, 0.15) is 42.9 Å². The van der Waals surface area contributed by atoms with Crippen LogP contribution in [0.5, 0.6) is 0 Å². The first-order valence-corrected chi connectivity index (χ1v) is 12.3. The summed E-state index contributed by atoms with van der Waals surface area (Å²) in [6.07, 6.45) is -0.0577. The van der Waals surface area contributed by atoms with E-state index in [1.807, 2.05) is 0 Å². The Kier molecular flexibility index (Phi) is 14.0. The molecule has 18 nitrogen and oxygen atoms in total. The molecule has 0 saturated heterocycles. The number of aromatic nitrogens is 1. The largest absolute Gasteiger partial charge is 0.480 e. The molecule has 3 unspecified atom stereocenters. The van der Waals surface area contributed by atoms with Crippen LogP contribution in [0.3, 0.4) is 0 Å². The van der Waals surface area contributed by atoms with Crippen LogP contribution >= 0.6 is 0 Å². The summed E-state index contributed by atoms with van der Waals surface area (Å²) in [7, 11) is 0. The lowest BCUT2D eigenvalue weighted by Crippen LogP contribution is -2.49. The van der Waals surface area contributed by atoms with Crippen LogP contribution in [0, 0.1) is 0 Å². The Morgan fingerprint density at radius 1 is 0.805 bits per heavy atom. The molecule has 0 bridgehead atoms. The van der Waals surface area contributed by atoms with E-state index >= 15 is 0 Å². The third kappa shape index (κ3) is 13.6. The second-order valence-corrected chi connectivity index (χ2v) is 8.82. The van der Waals surface area contributed by atoms with Gasteiger partial charge in [-0.3, -0.25) is 38.4 Å². The monoisotopic (exact) mass is 581 g/mol. The van der Waals surface area contributed by atoms with Crippen molar-refractivity contribution in [2.24, 2.45) is 11.5 Å². The lowest BCUT2D eigenvalue weighted by atomic mass is 10.1. The zero-order valence-corrected chi connectivity index (χ0v) is 22.5. The molecule has 0 saturated carbocycles. The van der Waals surface area contributed by atoms with Gasteiger partial charge >= 0.3 is 5.97 Å². The van der Waals surface area contributed by atoms with Crippen LogP contribution in [0.2, 0.25) is 0 Å². The Balaban J connectivity index is 2.37. The number of nitrogens with two attached hydrogens (primary N) is 2. The van der Waals surface area contributed by atoms with Crippen LogP contribution in [-0.4, -0.2) is 95.2 Å². The number of amides is 7. The molecule has 3 atom stereocenters. The average Bonchev–Trinajstić information content (AvgIpc) is 3.39. The third-order valence-corrected chi connectivity index (χ3v) is 5.28. The predicted molar refractivity (Wildman–Crippen MR) is 140 cm³/mol. The number of hydrogen-bond donors (Lipinski definition) is 10. The van der Waals surface area contributed by atoms with Gasteiger partial charge in [-0.2, -0.15) is 0 Å². The molecule has 1 aromatic heterocycles. The van der Waals surface area contributed by atoms with Crippen LogP contribution in [0.4, 0.5) is 0 Å². The lowest BCUT2D eigenvalue weighted by molar-refractivity contribution is -0.141. The van der Waals surface area contributed by atoms with Gasteiger partial charge < -0.3 is 53.5 Å². The van der Waals surface area contributed by atoms with E-state index < -0.39 is 85.1 Å². The van der Waals surface area contributed by atoms with Crippen molar-refractivity contribution in [1.29, 1.82) is 0 Å². The second kappa shape index (κ2) is 16.9. The van der Waals surface area contributed by atoms with E-state index in [9.17, 15) is 38.4 Å². The van der Waals surface area contributed by atoms with Gasteiger partial charge in [0.25, 0.3) is 5.91 Å². The standard InChI is InChI=1S/C23H35N9O9/c1-11(30-19(36)10-28-21(38)14(24)4-6-16(25)33)20(37)27-7-13-3-5-15(32-13)22(39)29-8-17(34)26-9-18(35)31-12(2)23(40)41/h3,5,11-12,14,32H,4,6-10,24H2,1-2H3,(H2,25,33)(H,26,34)(H,27,37)(H,28,38)(H,29,39)(H,30,36)(H,31,35)(H,40,41). The maximum absolute atomic E-state index is 12.3. The fourth-order valence-electron chi connectivity index (χ4n) is 2.95. The highest BCUT2D eigenvalue weighted by Crippen LogP contribution is 2.02. The van der Waals surface area contributed by atoms with Crippen LogP contribution in [0.25, 0.3) is 0 Å². The molecule has 1 rings (SSSR count). The maximum Gasteiger partial charge on any atom is 0.325 e. The van der Waals surface area contributed by atoms with Crippen molar-refractivity contribution in [3.63, 3.8) is 0 Å². The molecule has 0 spiro atoms. The summed E-state index contributed by atoms with van der Waals surface area (Å²) in [5, 5.41) is 22.7. The van der Waals surface area contributed by atoms with Gasteiger partial charge in [-0.1, -0.05) is 0 Å². The van der Waals surface area contributed by atoms with E-state index in [4.69, 9.17) is 16.6 Å². The molecule has 1 heterocycles. The van der Waals surface area contributed by atoms with Crippen LogP contribution in [0.15, 0.2) is 12.1 Å². The van der Waals surface area contributed by atoms with E-state index in [1.54, 1.807) is 0 Å². The Morgan fingerprint density at radius 3 is 2.00 bits per heavy atom. The molecule has 41 heavy (non-hydrogen) atoms. The maximum atomic E-state index is 12.3. The predicted octanol–water partition coefficient (Wildman–Crippen LogP) is -4.72. The van der Waals surface area contributed by atoms with Gasteiger partial charge in [0.1, 0.15) is 17.8 Å². The summed E-state index contributed by atoms with van der Waals surface area (Å²) in [6.45, 7) is 1.29. The highest BCUT2D eigenvalue weighted by molar-refractivity contribution is 5.96. The normalized spacial score (nSPS) is 12.6. The number of aromatic amines is 1. The molecule has 1 aromatic rings. The van der Waals surface area contributed by atoms with Gasteiger partial charge in [-0.25, -0.2) is 0 Å². The molecule has 0 aliphatic heterocycles. The topological polar surface area (TPSA) is 297 Å². The number of carboxylic acids is 1. The number of aliphatic carboxylic acids is 1. The SMILES string of the molecule is CC(NC(=O)CNC(=O)CNC(=O)c1ccc(CNC(=O)C(C)NC(=O)CNC(=O)C(N)CCC(N)=O)[nH]1)C(=O)O. The molecule has 0 aliphatic rings. The number of rotatable bonds is 17. The number of H-pyrrole nitrogens is 1. The van der Waals surface area contributed by atoms with Gasteiger partial charge in [0.05, 0.1) is 32.2 Å². The van der Waals surface area contributed by atoms with Crippen molar-refractivity contribution < 1.29 is 43.5 Å². The number of carboxylic acid groups (broad SMARTS) is 1. The summed E-state index contributed by atoms with van der Waals surface area (Å²) >= 11 is 0. The Labute approximate surface area is 234 Å². The summed E-state index contributed by atoms with van der Waals surface area (Å²) in [4.78, 5) is 96.0. The number of carbonyl (C=O) groups is 8. The smallest absolute Gasteiger partial charge is 0.325 e. The van der Waals surface area contributed by atoms with Crippen molar-refractivity contribution in [2.45, 2.75) is 51.4 Å². The van der Waals surface area contributed by atoms with Crippen LogP contribution in [-0.2, 0) is 40.1 Å². The Bertz CT molecular complexity index is 1150. The molecular weight excluding hydrogens is 546 g/mol. The highest BCUT2D eigenvalue weighted by atomic mass is 16.4. The van der Waals surface area contributed by atoms with Gasteiger partial charge in [0, 0.05) is 12.1 Å². The molecule has 226 valence electrons. The van der Waals surface area contributed by atoms with E-state index in [1.165, 1.54) is 26.0 Å². The van der Waals surface area contributed by atoms with Crippen LogP contribution < -0.4 is 43.4 Å². The molecule has 0 aliphatic carbocycles. The second-order valence-electron chi connectivity index (χ2n) is 8.82. The number of carbonyl (C=O) groups excluding carboxylic acids is 7. The van der Waals surface area contributed by atoms with Crippen molar-refractivity contribution in [1.82, 2.24) is 36.9 Å². The third-order valence-electron chi connectivity index (χ3n) is 5.28. The number of primary amides is 1. The van der Waals surface area contributed by atoms with Gasteiger partial charge in [0.15, 0.2) is 0 Å². The van der Waals surface area contributed by atoms with E-state index in [-0.39, 0.29) is 25.1 Å². The fraction of sp³-hybridized carbons (Fsp3) is 0.478. The number of nitrogens with one attached hydrogen (secondary N) is 7. The van der Waals surface area contributed by atoms with E-state index in [2.05, 4.69) is 36.9 Å². The van der Waals surface area contributed by atoms with Crippen molar-refractivity contribution >= 4 is 47.3 Å². The number of hydrogen-bond acceptors (Lipinski definition) is 9. The first kappa shape index (κ1) is 34.0. The molecule has 0 radical (unpaired) electrons. The minimum Gasteiger partial charge on any atom is -0.480 e. The minimum absolute atomic E-state index is 0.0240. The zero-order valence-electron chi connectivity index (χ0n) is 22.5. The molecule has 7 amide bonds. The molecule has 12 N–H and O–H groups in total. The molecular formula is C23H35N9O9. The Morgan fingerprint density at radius 2 is 1.39 bits per heavy atom. The zero-order chi connectivity index (χ0) is 31.1. The van der Waals surface area contributed by atoms with Crippen molar-refractivity contribution in [2.75, 3.05) is 19.6 Å².